The Labute approximate surface area is 245 Å². The van der Waals surface area contributed by atoms with Crippen LogP contribution < -0.4 is 0 Å². The van der Waals surface area contributed by atoms with Crippen molar-refractivity contribution in [1.82, 2.24) is 4.57 Å². The van der Waals surface area contributed by atoms with E-state index in [1.807, 2.05) is 6.07 Å². The predicted molar refractivity (Wildman–Crippen MR) is 167 cm³/mol. The fourth-order valence-corrected chi connectivity index (χ4v) is 5.53. The maximum absolute atomic E-state index is 9.21. The van der Waals surface area contributed by atoms with Crippen LogP contribution in [0.4, 0.5) is 0 Å². The molecule has 39 heavy (non-hydrogen) atoms. The first-order valence-electron chi connectivity index (χ1n) is 18.9. The largest absolute Gasteiger partial charge is 0.309 e. The van der Waals surface area contributed by atoms with E-state index in [1.165, 1.54) is 0 Å². The van der Waals surface area contributed by atoms with Crippen LogP contribution in [0.3, 0.4) is 0 Å². The van der Waals surface area contributed by atoms with E-state index in [0.29, 0.717) is 32.9 Å². The molecule has 1 heterocycles. The van der Waals surface area contributed by atoms with Crippen LogP contribution in [0, 0.1) is 0 Å². The van der Waals surface area contributed by atoms with Crippen molar-refractivity contribution in [3.05, 3.63) is 151 Å². The van der Waals surface area contributed by atoms with Gasteiger partial charge in [0, 0.05) is 16.5 Å². The highest BCUT2D eigenvalue weighted by molar-refractivity contribution is 6.22. The molecule has 0 amide bonds. The molecule has 7 aromatic carbocycles. The van der Waals surface area contributed by atoms with Gasteiger partial charge in [-0.15, -0.1) is 0 Å². The van der Waals surface area contributed by atoms with Crippen molar-refractivity contribution in [3.63, 3.8) is 0 Å². The number of hydrogen-bond donors (Lipinski definition) is 0. The number of aromatic nitrogens is 1. The Morgan fingerprint density at radius 2 is 0.949 bits per heavy atom. The molecule has 0 atom stereocenters. The van der Waals surface area contributed by atoms with E-state index in [0.717, 1.165) is 0 Å². The van der Waals surface area contributed by atoms with Gasteiger partial charge in [-0.25, -0.2) is 0 Å². The molecule has 0 spiro atoms. The molecule has 0 saturated carbocycles. The van der Waals surface area contributed by atoms with Crippen LogP contribution in [0.5, 0.6) is 0 Å². The summed E-state index contributed by atoms with van der Waals surface area (Å²) in [6.07, 6.45) is 0. The Morgan fingerprint density at radius 3 is 1.62 bits per heavy atom. The molecule has 1 nitrogen and oxygen atoms in total. The lowest BCUT2D eigenvalue weighted by atomic mass is 9.86. The minimum atomic E-state index is -0.520. The first-order valence-corrected chi connectivity index (χ1v) is 12.4. The summed E-state index contributed by atoms with van der Waals surface area (Å²) in [4.78, 5) is 0. The average molecular weight is 509 g/mol. The van der Waals surface area contributed by atoms with Gasteiger partial charge in [-0.3, -0.25) is 0 Å². The van der Waals surface area contributed by atoms with Gasteiger partial charge in [0.25, 0.3) is 0 Å². The number of fused-ring (bicyclic) bond motifs is 5. The van der Waals surface area contributed by atoms with Gasteiger partial charge in [-0.2, -0.15) is 0 Å². The van der Waals surface area contributed by atoms with Crippen molar-refractivity contribution >= 4 is 43.4 Å². The molecule has 0 N–H and O–H groups in total. The Kier molecular flexibility index (Phi) is 2.82. The zero-order valence-electron chi connectivity index (χ0n) is 33.4. The van der Waals surface area contributed by atoms with E-state index in [-0.39, 0.29) is 62.5 Å². The molecule has 0 fully saturated rings. The van der Waals surface area contributed by atoms with Crippen molar-refractivity contribution in [2.24, 2.45) is 0 Å². The predicted octanol–water partition coefficient (Wildman–Crippen LogP) is 10.4. The van der Waals surface area contributed by atoms with E-state index < -0.39 is 54.4 Å². The highest BCUT2D eigenvalue weighted by Crippen LogP contribution is 2.44. The van der Waals surface area contributed by atoms with Crippen LogP contribution >= 0.6 is 0 Å². The lowest BCUT2D eigenvalue weighted by Crippen LogP contribution is -1.93. The third-order valence-corrected chi connectivity index (χ3v) is 7.11. The van der Waals surface area contributed by atoms with E-state index in [1.54, 1.807) is 71.3 Å². The number of benzene rings is 7. The van der Waals surface area contributed by atoms with E-state index in [4.69, 9.17) is 15.1 Å². The lowest BCUT2D eigenvalue weighted by molar-refractivity contribution is 1.18. The maximum atomic E-state index is 9.21. The van der Waals surface area contributed by atoms with Crippen LogP contribution in [0.2, 0.25) is 0 Å². The Hall–Kier alpha value is -5.14. The molecule has 0 aliphatic carbocycles. The minimum Gasteiger partial charge on any atom is -0.309 e. The first-order chi connectivity index (χ1) is 24.8. The number of para-hydroxylation sites is 2. The quantitative estimate of drug-likeness (QED) is 0.209. The number of rotatable bonds is 3. The second-order valence-corrected chi connectivity index (χ2v) is 9.17. The molecule has 1 heteroatoms. The highest BCUT2D eigenvalue weighted by Gasteiger charge is 2.18. The SMILES string of the molecule is [2H]c1c([2H])c([2H])c(-n2c3ccccc3c3cc(-c4c5c([2H])c([2H])c([2H])c([2H])c5c(-c5ccccc5)c5c([2H])c([2H])c([2H])c([2H])c45)ccc32)c([2H])c1[2H]. The zero-order valence-corrected chi connectivity index (χ0v) is 20.4. The van der Waals surface area contributed by atoms with Crippen LogP contribution in [-0.2, 0) is 0 Å². The standard InChI is InChI=1S/C38H25N/c1-3-13-26(14-4-1)37-30-18-7-9-20-32(30)38(33-21-10-8-19-31(33)37)27-23-24-36-34(25-27)29-17-11-12-22-35(29)39(36)28-15-5-2-6-16-28/h1-25H/i2D,5D,6D,7D,8D,9D,10D,15D,16D,18D,19D,20D,21D. The zero-order chi connectivity index (χ0) is 37.1. The van der Waals surface area contributed by atoms with Crippen molar-refractivity contribution < 1.29 is 17.8 Å². The maximum Gasteiger partial charge on any atom is 0.0645 e. The molecule has 182 valence electrons. The summed E-state index contributed by atoms with van der Waals surface area (Å²) in [6.45, 7) is 0. The van der Waals surface area contributed by atoms with Crippen LogP contribution in [-0.4, -0.2) is 4.57 Å². The van der Waals surface area contributed by atoms with Gasteiger partial charge in [-0.1, -0.05) is 121 Å². The third kappa shape index (κ3) is 3.34. The molecule has 1 aromatic heterocycles. The molecule has 0 unspecified atom stereocenters. The Bertz CT molecular complexity index is 2770. The molecular formula is C38H25N. The summed E-state index contributed by atoms with van der Waals surface area (Å²) in [5.41, 5.74) is 2.33. The second-order valence-electron chi connectivity index (χ2n) is 9.17. The molecule has 0 bridgehead atoms. The normalized spacial score (nSPS) is 16.3. The van der Waals surface area contributed by atoms with Gasteiger partial charge in [0.1, 0.15) is 0 Å². The van der Waals surface area contributed by atoms with Crippen LogP contribution in [0.1, 0.15) is 17.8 Å². The van der Waals surface area contributed by atoms with Crippen LogP contribution in [0.25, 0.3) is 71.3 Å². The van der Waals surface area contributed by atoms with E-state index in [2.05, 4.69) is 0 Å². The second kappa shape index (κ2) is 8.72. The molecule has 0 aliphatic heterocycles. The molecule has 8 rings (SSSR count). The summed E-state index contributed by atoms with van der Waals surface area (Å²) in [6, 6.07) is 15.3. The van der Waals surface area contributed by atoms with Gasteiger partial charge in [0.05, 0.1) is 28.9 Å². The minimum absolute atomic E-state index is 0.0451. The summed E-state index contributed by atoms with van der Waals surface area (Å²) in [5.74, 6) is 0. The van der Waals surface area contributed by atoms with Gasteiger partial charge >= 0.3 is 0 Å². The van der Waals surface area contributed by atoms with E-state index >= 15 is 0 Å². The highest BCUT2D eigenvalue weighted by atomic mass is 15.0. The van der Waals surface area contributed by atoms with Crippen molar-refractivity contribution in [1.29, 1.82) is 0 Å². The number of nitrogens with zero attached hydrogens (tertiary/aromatic N) is 1. The van der Waals surface area contributed by atoms with Gasteiger partial charge < -0.3 is 4.57 Å². The Balaban J connectivity index is 1.61. The first kappa shape index (κ1) is 12.6. The summed E-state index contributed by atoms with van der Waals surface area (Å²) >= 11 is 0. The summed E-state index contributed by atoms with van der Waals surface area (Å²) in [5, 5.41) is 1.60. The monoisotopic (exact) mass is 508 g/mol. The van der Waals surface area contributed by atoms with Gasteiger partial charge in [-0.05, 0) is 74.1 Å². The van der Waals surface area contributed by atoms with Crippen molar-refractivity contribution in [2.75, 3.05) is 0 Å². The van der Waals surface area contributed by atoms with Crippen LogP contribution in [0.15, 0.2) is 151 Å². The molecule has 8 aromatic rings. The lowest BCUT2D eigenvalue weighted by Gasteiger charge is -2.18. The third-order valence-electron chi connectivity index (χ3n) is 7.11. The fraction of sp³-hybridized carbons (Fsp3) is 0. The molecule has 0 aliphatic rings. The fourth-order valence-electron chi connectivity index (χ4n) is 5.53. The molecule has 0 radical (unpaired) electrons. The summed E-state index contributed by atoms with van der Waals surface area (Å²) in [7, 11) is 0. The van der Waals surface area contributed by atoms with Gasteiger partial charge in [0.2, 0.25) is 0 Å². The topological polar surface area (TPSA) is 4.93 Å². The van der Waals surface area contributed by atoms with Gasteiger partial charge in [0.15, 0.2) is 0 Å². The van der Waals surface area contributed by atoms with Crippen molar-refractivity contribution in [2.45, 2.75) is 0 Å². The summed E-state index contributed by atoms with van der Waals surface area (Å²) < 4.78 is 115. The van der Waals surface area contributed by atoms with E-state index in [9.17, 15) is 2.74 Å². The molecular weight excluding hydrogens is 470 g/mol. The smallest absolute Gasteiger partial charge is 0.0645 e. The van der Waals surface area contributed by atoms with Crippen molar-refractivity contribution in [3.8, 4) is 27.9 Å². The number of hydrogen-bond acceptors (Lipinski definition) is 0. The average Bonchev–Trinajstić information content (AvgIpc) is 3.48. The Morgan fingerprint density at radius 1 is 0.410 bits per heavy atom. The molecule has 0 saturated heterocycles.